The second-order valence-corrected chi connectivity index (χ2v) is 6.75. The monoisotopic (exact) mass is 241 g/mol. The van der Waals surface area contributed by atoms with Gasteiger partial charge < -0.3 is 5.73 Å². The van der Waals surface area contributed by atoms with Crippen LogP contribution in [0.25, 0.3) is 0 Å². The Morgan fingerprint density at radius 2 is 1.69 bits per heavy atom. The molecule has 3 nitrogen and oxygen atoms in total. The van der Waals surface area contributed by atoms with Gasteiger partial charge in [0.05, 0.1) is 10.1 Å². The predicted molar refractivity (Wildman–Crippen MR) is 66.1 cm³/mol. The summed E-state index contributed by atoms with van der Waals surface area (Å²) in [6.07, 6.45) is 0.482. The number of benzene rings is 1. The van der Waals surface area contributed by atoms with Crippen molar-refractivity contribution in [1.82, 2.24) is 0 Å². The van der Waals surface area contributed by atoms with E-state index in [1.807, 2.05) is 26.0 Å². The molecule has 0 aliphatic rings. The van der Waals surface area contributed by atoms with Crippen molar-refractivity contribution in [2.75, 3.05) is 0 Å². The van der Waals surface area contributed by atoms with Crippen molar-refractivity contribution >= 4 is 9.84 Å². The molecule has 0 radical (unpaired) electrons. The first-order chi connectivity index (χ1) is 7.34. The molecule has 0 aliphatic carbocycles. The maximum Gasteiger partial charge on any atom is 0.181 e. The van der Waals surface area contributed by atoms with Crippen LogP contribution in [0.1, 0.15) is 25.8 Å². The Morgan fingerprint density at radius 3 is 2.12 bits per heavy atom. The summed E-state index contributed by atoms with van der Waals surface area (Å²) in [5, 5.41) is -0.435. The Labute approximate surface area is 97.6 Å². The van der Waals surface area contributed by atoms with Crippen LogP contribution in [0.4, 0.5) is 0 Å². The fourth-order valence-corrected chi connectivity index (χ4v) is 3.15. The molecule has 0 bridgehead atoms. The second kappa shape index (κ2) is 4.97. The average molecular weight is 241 g/mol. The van der Waals surface area contributed by atoms with Gasteiger partial charge in [0, 0.05) is 6.04 Å². The molecule has 90 valence electrons. The summed E-state index contributed by atoms with van der Waals surface area (Å²) in [6.45, 7) is 5.46. The highest BCUT2D eigenvalue weighted by Crippen LogP contribution is 2.19. The largest absolute Gasteiger partial charge is 0.328 e. The summed E-state index contributed by atoms with van der Waals surface area (Å²) in [4.78, 5) is 0.381. The van der Waals surface area contributed by atoms with E-state index in [-0.39, 0.29) is 6.04 Å². The number of hydrogen-bond acceptors (Lipinski definition) is 3. The minimum absolute atomic E-state index is 0.102. The van der Waals surface area contributed by atoms with E-state index in [1.165, 1.54) is 0 Å². The van der Waals surface area contributed by atoms with Crippen LogP contribution in [0.5, 0.6) is 0 Å². The van der Waals surface area contributed by atoms with Crippen molar-refractivity contribution in [3.05, 3.63) is 29.8 Å². The lowest BCUT2D eigenvalue weighted by molar-refractivity contribution is 0.563. The van der Waals surface area contributed by atoms with Gasteiger partial charge in [0.15, 0.2) is 9.84 Å². The molecule has 1 aromatic carbocycles. The molecule has 4 heteroatoms. The lowest BCUT2D eigenvalue weighted by atomic mass is 10.2. The Bertz CT molecular complexity index is 435. The summed E-state index contributed by atoms with van der Waals surface area (Å²) in [5.41, 5.74) is 6.68. The van der Waals surface area contributed by atoms with Crippen molar-refractivity contribution in [2.24, 2.45) is 5.73 Å². The highest BCUT2D eigenvalue weighted by Gasteiger charge is 2.23. The number of nitrogens with two attached hydrogens (primary N) is 1. The van der Waals surface area contributed by atoms with E-state index in [0.29, 0.717) is 11.3 Å². The van der Waals surface area contributed by atoms with Crippen LogP contribution in [-0.4, -0.2) is 19.7 Å². The molecule has 0 aliphatic heterocycles. The van der Waals surface area contributed by atoms with Crippen LogP contribution < -0.4 is 5.73 Å². The van der Waals surface area contributed by atoms with E-state index in [2.05, 4.69) is 0 Å². The Kier molecular flexibility index (Phi) is 4.10. The Morgan fingerprint density at radius 1 is 1.19 bits per heavy atom. The number of hydrogen-bond donors (Lipinski definition) is 1. The van der Waals surface area contributed by atoms with Gasteiger partial charge in [-0.3, -0.25) is 0 Å². The third-order valence-corrected chi connectivity index (χ3v) is 4.76. The summed E-state index contributed by atoms with van der Waals surface area (Å²) in [6, 6.07) is 6.83. The first-order valence-electron chi connectivity index (χ1n) is 5.40. The molecule has 1 aromatic rings. The van der Waals surface area contributed by atoms with Crippen molar-refractivity contribution < 1.29 is 8.42 Å². The zero-order valence-corrected chi connectivity index (χ0v) is 10.8. The van der Waals surface area contributed by atoms with Gasteiger partial charge in [-0.15, -0.1) is 0 Å². The minimum atomic E-state index is -3.23. The Balaban J connectivity index is 2.97. The van der Waals surface area contributed by atoms with Crippen molar-refractivity contribution in [1.29, 1.82) is 0 Å². The number of sulfone groups is 1. The van der Waals surface area contributed by atoms with Crippen molar-refractivity contribution in [3.8, 4) is 0 Å². The molecule has 0 heterocycles. The molecule has 0 fully saturated rings. The van der Waals surface area contributed by atoms with E-state index in [9.17, 15) is 8.42 Å². The van der Waals surface area contributed by atoms with Crippen LogP contribution in [0.3, 0.4) is 0 Å². The van der Waals surface area contributed by atoms with E-state index in [0.717, 1.165) is 5.56 Å². The third kappa shape index (κ3) is 3.06. The molecule has 2 atom stereocenters. The van der Waals surface area contributed by atoms with Gasteiger partial charge in [-0.2, -0.15) is 0 Å². The summed E-state index contributed by atoms with van der Waals surface area (Å²) in [5.74, 6) is 0. The van der Waals surface area contributed by atoms with E-state index >= 15 is 0 Å². The van der Waals surface area contributed by atoms with E-state index in [4.69, 9.17) is 5.73 Å². The maximum absolute atomic E-state index is 12.1. The molecule has 16 heavy (non-hydrogen) atoms. The van der Waals surface area contributed by atoms with Gasteiger partial charge in [0.1, 0.15) is 0 Å². The van der Waals surface area contributed by atoms with Crippen molar-refractivity contribution in [3.63, 3.8) is 0 Å². The lowest BCUT2D eigenvalue weighted by Crippen LogP contribution is -2.27. The molecule has 0 spiro atoms. The van der Waals surface area contributed by atoms with Crippen LogP contribution in [0.15, 0.2) is 29.2 Å². The van der Waals surface area contributed by atoms with E-state index < -0.39 is 15.1 Å². The summed E-state index contributed by atoms with van der Waals surface area (Å²) < 4.78 is 24.2. The van der Waals surface area contributed by atoms with Gasteiger partial charge in [-0.25, -0.2) is 8.42 Å². The molecule has 1 rings (SSSR count). The zero-order chi connectivity index (χ0) is 12.3. The quantitative estimate of drug-likeness (QED) is 0.875. The zero-order valence-electron chi connectivity index (χ0n) is 9.97. The fraction of sp³-hybridized carbons (Fsp3) is 0.500. The topological polar surface area (TPSA) is 60.2 Å². The molecular weight excluding hydrogens is 222 g/mol. The SMILES string of the molecule is Cc1ccc(S(=O)(=O)C(C)CC(C)N)cc1. The normalized spacial score (nSPS) is 15.8. The minimum Gasteiger partial charge on any atom is -0.328 e. The van der Waals surface area contributed by atoms with Crippen LogP contribution in [0.2, 0.25) is 0 Å². The Hall–Kier alpha value is -0.870. The molecular formula is C12H19NO2S. The van der Waals surface area contributed by atoms with Crippen molar-refractivity contribution in [2.45, 2.75) is 43.4 Å². The average Bonchev–Trinajstić information content (AvgIpc) is 2.17. The smallest absolute Gasteiger partial charge is 0.181 e. The van der Waals surface area contributed by atoms with E-state index in [1.54, 1.807) is 19.1 Å². The first-order valence-corrected chi connectivity index (χ1v) is 6.95. The third-order valence-electron chi connectivity index (χ3n) is 2.58. The van der Waals surface area contributed by atoms with Gasteiger partial charge in [-0.05, 0) is 39.3 Å². The molecule has 0 saturated heterocycles. The predicted octanol–water partition coefficient (Wildman–Crippen LogP) is 1.89. The number of aryl methyl sites for hydroxylation is 1. The molecule has 2 N–H and O–H groups in total. The first kappa shape index (κ1) is 13.2. The molecule has 0 amide bonds. The molecule has 2 unspecified atom stereocenters. The number of rotatable bonds is 4. The molecule has 0 aromatic heterocycles. The van der Waals surface area contributed by atoms with Gasteiger partial charge in [0.2, 0.25) is 0 Å². The van der Waals surface area contributed by atoms with Gasteiger partial charge in [-0.1, -0.05) is 17.7 Å². The summed E-state index contributed by atoms with van der Waals surface area (Å²) in [7, 11) is -3.23. The molecule has 0 saturated carbocycles. The van der Waals surface area contributed by atoms with Gasteiger partial charge in [0.25, 0.3) is 0 Å². The maximum atomic E-state index is 12.1. The highest BCUT2D eigenvalue weighted by atomic mass is 32.2. The van der Waals surface area contributed by atoms with Crippen LogP contribution >= 0.6 is 0 Å². The fourth-order valence-electron chi connectivity index (χ4n) is 1.61. The van der Waals surface area contributed by atoms with Crippen LogP contribution in [0, 0.1) is 6.92 Å². The highest BCUT2D eigenvalue weighted by molar-refractivity contribution is 7.92. The summed E-state index contributed by atoms with van der Waals surface area (Å²) >= 11 is 0. The second-order valence-electron chi connectivity index (χ2n) is 4.38. The van der Waals surface area contributed by atoms with Gasteiger partial charge >= 0.3 is 0 Å². The lowest BCUT2D eigenvalue weighted by Gasteiger charge is -2.15. The van der Waals surface area contributed by atoms with Crippen LogP contribution in [-0.2, 0) is 9.84 Å². The standard InChI is InChI=1S/C12H19NO2S/c1-9-4-6-12(7-5-9)16(14,15)11(3)8-10(2)13/h4-7,10-11H,8,13H2,1-3H3.